The van der Waals surface area contributed by atoms with Crippen LogP contribution >= 0.6 is 15.9 Å². The maximum absolute atomic E-state index is 13.0. The maximum atomic E-state index is 13.0. The number of nitrogens with one attached hydrogen (secondary N) is 1. The van der Waals surface area contributed by atoms with Gasteiger partial charge in [-0.15, -0.1) is 0 Å². The molecular weight excluding hydrogens is 303 g/mol. The second kappa shape index (κ2) is 5.16. The van der Waals surface area contributed by atoms with Crippen LogP contribution in [0.3, 0.4) is 0 Å². The molecule has 1 N–H and O–H groups in total. The fourth-order valence-corrected chi connectivity index (χ4v) is 2.24. The number of carbonyl (C=O) groups excluding carboxylic acids is 2. The van der Waals surface area contributed by atoms with E-state index in [-0.39, 0.29) is 36.8 Å². The Bertz CT molecular complexity index is 507. The summed E-state index contributed by atoms with van der Waals surface area (Å²) in [4.78, 5) is 24.8. The number of hydrogen-bond acceptors (Lipinski definition) is 3. The molecule has 2 rings (SSSR count). The van der Waals surface area contributed by atoms with Crippen molar-refractivity contribution in [1.29, 1.82) is 0 Å². The van der Waals surface area contributed by atoms with Crippen LogP contribution in [0.1, 0.15) is 12.5 Å². The standard InChI is InChI=1S/C12H12BrFN2O2/c1-7-12(18)16(11(17)5-15-7)6-8-2-3-9(14)4-10(8)13/h2-4,7,15H,5-6H2,1H3. The lowest BCUT2D eigenvalue weighted by atomic mass is 10.1. The van der Waals surface area contributed by atoms with E-state index in [1.54, 1.807) is 13.0 Å². The molecule has 0 saturated carbocycles. The molecule has 0 aromatic heterocycles. The normalized spacial score (nSPS) is 20.4. The highest BCUT2D eigenvalue weighted by Crippen LogP contribution is 2.20. The molecule has 1 atom stereocenters. The fourth-order valence-electron chi connectivity index (χ4n) is 1.77. The Morgan fingerprint density at radius 3 is 2.89 bits per heavy atom. The predicted octanol–water partition coefficient (Wildman–Crippen LogP) is 1.44. The van der Waals surface area contributed by atoms with Gasteiger partial charge in [-0.2, -0.15) is 0 Å². The van der Waals surface area contributed by atoms with E-state index in [0.717, 1.165) is 0 Å². The molecule has 0 aliphatic carbocycles. The topological polar surface area (TPSA) is 49.4 Å². The van der Waals surface area contributed by atoms with Crippen molar-refractivity contribution < 1.29 is 14.0 Å². The van der Waals surface area contributed by atoms with E-state index in [1.165, 1.54) is 17.0 Å². The first-order chi connectivity index (χ1) is 8.49. The Kier molecular flexibility index (Phi) is 3.77. The number of halogens is 2. The zero-order valence-electron chi connectivity index (χ0n) is 9.74. The monoisotopic (exact) mass is 314 g/mol. The number of imide groups is 1. The maximum Gasteiger partial charge on any atom is 0.246 e. The highest BCUT2D eigenvalue weighted by atomic mass is 79.9. The third kappa shape index (κ3) is 2.59. The first-order valence-corrected chi connectivity index (χ1v) is 6.30. The van der Waals surface area contributed by atoms with Gasteiger partial charge in [0.25, 0.3) is 0 Å². The first kappa shape index (κ1) is 13.2. The number of piperazine rings is 1. The van der Waals surface area contributed by atoms with E-state index in [9.17, 15) is 14.0 Å². The summed E-state index contributed by atoms with van der Waals surface area (Å²) in [6, 6.07) is 3.81. The van der Waals surface area contributed by atoms with Gasteiger partial charge in [0.05, 0.1) is 19.1 Å². The second-order valence-electron chi connectivity index (χ2n) is 4.16. The average Bonchev–Trinajstić information content (AvgIpc) is 2.32. The third-order valence-electron chi connectivity index (χ3n) is 2.84. The zero-order valence-corrected chi connectivity index (χ0v) is 11.3. The van der Waals surface area contributed by atoms with Gasteiger partial charge in [0, 0.05) is 4.47 Å². The average molecular weight is 315 g/mol. The summed E-state index contributed by atoms with van der Waals surface area (Å²) in [6.45, 7) is 2.01. The van der Waals surface area contributed by atoms with Crippen molar-refractivity contribution in [1.82, 2.24) is 10.2 Å². The van der Waals surface area contributed by atoms with E-state index < -0.39 is 0 Å². The SMILES string of the molecule is CC1NCC(=O)N(Cc2ccc(F)cc2Br)C1=O. The zero-order chi connectivity index (χ0) is 13.3. The molecule has 1 aliphatic heterocycles. The van der Waals surface area contributed by atoms with Crippen LogP contribution in [0, 0.1) is 5.82 Å². The number of hydrogen-bond donors (Lipinski definition) is 1. The Hall–Kier alpha value is -1.27. The van der Waals surface area contributed by atoms with E-state index in [0.29, 0.717) is 10.0 Å². The van der Waals surface area contributed by atoms with Crippen LogP contribution in [0.2, 0.25) is 0 Å². The molecule has 1 aromatic carbocycles. The summed E-state index contributed by atoms with van der Waals surface area (Å²) in [5.74, 6) is -0.895. The summed E-state index contributed by atoms with van der Waals surface area (Å²) in [5, 5.41) is 2.81. The number of carbonyl (C=O) groups is 2. The van der Waals surface area contributed by atoms with E-state index in [4.69, 9.17) is 0 Å². The highest BCUT2D eigenvalue weighted by Gasteiger charge is 2.31. The summed E-state index contributed by atoms with van der Waals surface area (Å²) in [7, 11) is 0. The molecule has 0 radical (unpaired) electrons. The van der Waals surface area contributed by atoms with Gasteiger partial charge in [0.2, 0.25) is 11.8 Å². The van der Waals surface area contributed by atoms with Gasteiger partial charge in [-0.1, -0.05) is 22.0 Å². The number of rotatable bonds is 2. The van der Waals surface area contributed by atoms with Gasteiger partial charge in [-0.05, 0) is 24.6 Å². The quantitative estimate of drug-likeness (QED) is 0.840. The summed E-state index contributed by atoms with van der Waals surface area (Å²) in [6.07, 6.45) is 0. The molecule has 1 aromatic rings. The van der Waals surface area contributed by atoms with Crippen LogP contribution in [0.5, 0.6) is 0 Å². The molecule has 96 valence electrons. The molecular formula is C12H12BrFN2O2. The summed E-state index contributed by atoms with van der Waals surface area (Å²) in [5.41, 5.74) is 0.701. The molecule has 1 saturated heterocycles. The Labute approximate surface area is 112 Å². The Morgan fingerprint density at radius 2 is 2.22 bits per heavy atom. The second-order valence-corrected chi connectivity index (χ2v) is 5.01. The van der Waals surface area contributed by atoms with E-state index in [2.05, 4.69) is 21.2 Å². The largest absolute Gasteiger partial charge is 0.298 e. The van der Waals surface area contributed by atoms with Crippen molar-refractivity contribution in [3.05, 3.63) is 34.1 Å². The van der Waals surface area contributed by atoms with Crippen LogP contribution in [0.4, 0.5) is 4.39 Å². The lowest BCUT2D eigenvalue weighted by Crippen LogP contribution is -2.56. The van der Waals surface area contributed by atoms with Crippen molar-refractivity contribution in [3.63, 3.8) is 0 Å². The fraction of sp³-hybridized carbons (Fsp3) is 0.333. The van der Waals surface area contributed by atoms with Gasteiger partial charge in [0.1, 0.15) is 5.82 Å². The number of nitrogens with zero attached hydrogens (tertiary/aromatic N) is 1. The molecule has 18 heavy (non-hydrogen) atoms. The van der Waals surface area contributed by atoms with E-state index in [1.807, 2.05) is 0 Å². The van der Waals surface area contributed by atoms with Crippen LogP contribution in [-0.2, 0) is 16.1 Å². The minimum Gasteiger partial charge on any atom is -0.298 e. The predicted molar refractivity (Wildman–Crippen MR) is 67.1 cm³/mol. The Balaban J connectivity index is 2.21. The van der Waals surface area contributed by atoms with Gasteiger partial charge >= 0.3 is 0 Å². The minimum absolute atomic E-state index is 0.145. The van der Waals surface area contributed by atoms with E-state index >= 15 is 0 Å². The lowest BCUT2D eigenvalue weighted by Gasteiger charge is -2.30. The first-order valence-electron chi connectivity index (χ1n) is 5.50. The van der Waals surface area contributed by atoms with Crippen molar-refractivity contribution in [2.45, 2.75) is 19.5 Å². The molecule has 0 spiro atoms. The number of amides is 2. The van der Waals surface area contributed by atoms with Crippen molar-refractivity contribution in [3.8, 4) is 0 Å². The molecule has 6 heteroatoms. The highest BCUT2D eigenvalue weighted by molar-refractivity contribution is 9.10. The van der Waals surface area contributed by atoms with Crippen molar-refractivity contribution >= 4 is 27.7 Å². The minimum atomic E-state index is -0.373. The lowest BCUT2D eigenvalue weighted by molar-refractivity contribution is -0.149. The smallest absolute Gasteiger partial charge is 0.246 e. The van der Waals surface area contributed by atoms with Gasteiger partial charge < -0.3 is 0 Å². The molecule has 1 heterocycles. The number of benzene rings is 1. The van der Waals surface area contributed by atoms with Crippen LogP contribution in [0.15, 0.2) is 22.7 Å². The van der Waals surface area contributed by atoms with Gasteiger partial charge in [-0.3, -0.25) is 19.8 Å². The third-order valence-corrected chi connectivity index (χ3v) is 3.58. The van der Waals surface area contributed by atoms with Crippen molar-refractivity contribution in [2.75, 3.05) is 6.54 Å². The molecule has 1 aliphatic rings. The Morgan fingerprint density at radius 1 is 1.50 bits per heavy atom. The molecule has 1 fully saturated rings. The molecule has 1 unspecified atom stereocenters. The van der Waals surface area contributed by atoms with Gasteiger partial charge in [0.15, 0.2) is 0 Å². The summed E-state index contributed by atoms with van der Waals surface area (Å²) >= 11 is 3.22. The van der Waals surface area contributed by atoms with Crippen LogP contribution in [0.25, 0.3) is 0 Å². The molecule has 4 nitrogen and oxygen atoms in total. The van der Waals surface area contributed by atoms with Gasteiger partial charge in [-0.25, -0.2) is 4.39 Å². The van der Waals surface area contributed by atoms with Crippen LogP contribution in [-0.4, -0.2) is 29.3 Å². The van der Waals surface area contributed by atoms with Crippen molar-refractivity contribution in [2.24, 2.45) is 0 Å². The summed E-state index contributed by atoms with van der Waals surface area (Å²) < 4.78 is 13.5. The van der Waals surface area contributed by atoms with Crippen LogP contribution < -0.4 is 5.32 Å². The molecule has 0 bridgehead atoms. The molecule has 2 amide bonds.